The van der Waals surface area contributed by atoms with E-state index in [1.807, 2.05) is 12.1 Å². The Morgan fingerprint density at radius 3 is 2.07 bits per heavy atom. The predicted molar refractivity (Wildman–Crippen MR) is 104 cm³/mol. The number of rotatable bonds is 4. The first-order valence-corrected chi connectivity index (χ1v) is 8.90. The van der Waals surface area contributed by atoms with Crippen LogP contribution in [0.25, 0.3) is 0 Å². The molecule has 0 saturated heterocycles. The van der Waals surface area contributed by atoms with Gasteiger partial charge in [-0.05, 0) is 41.3 Å². The highest BCUT2D eigenvalue weighted by Gasteiger charge is 2.17. The zero-order valence-corrected chi connectivity index (χ0v) is 16.6. The Labute approximate surface area is 167 Å². The van der Waals surface area contributed by atoms with Crippen LogP contribution >= 0.6 is 23.2 Å². The van der Waals surface area contributed by atoms with E-state index in [0.29, 0.717) is 10.6 Å². The average molecular weight is 408 g/mol. The molecule has 2 amide bonds. The van der Waals surface area contributed by atoms with Gasteiger partial charge in [0.1, 0.15) is 0 Å². The number of imide groups is 1. The average Bonchev–Trinajstić information content (AvgIpc) is 2.61. The summed E-state index contributed by atoms with van der Waals surface area (Å²) in [6.45, 7) is 5.60. The van der Waals surface area contributed by atoms with E-state index < -0.39 is 24.4 Å². The van der Waals surface area contributed by atoms with Crippen LogP contribution in [0.5, 0.6) is 0 Å². The minimum absolute atomic E-state index is 0.0381. The Bertz CT molecular complexity index is 871. The van der Waals surface area contributed by atoms with Crippen LogP contribution in [-0.2, 0) is 14.9 Å². The van der Waals surface area contributed by atoms with Crippen LogP contribution in [0.15, 0.2) is 42.5 Å². The van der Waals surface area contributed by atoms with Crippen molar-refractivity contribution in [3.05, 3.63) is 69.2 Å². The first-order valence-electron chi connectivity index (χ1n) is 8.15. The van der Waals surface area contributed by atoms with Gasteiger partial charge in [-0.1, -0.05) is 56.1 Å². The number of esters is 1. The highest BCUT2D eigenvalue weighted by molar-refractivity contribution is 6.42. The molecule has 0 bridgehead atoms. The maximum Gasteiger partial charge on any atom is 0.338 e. The minimum atomic E-state index is -0.745. The largest absolute Gasteiger partial charge is 0.452 e. The van der Waals surface area contributed by atoms with Crippen LogP contribution in [0.1, 0.15) is 47.1 Å². The topological polar surface area (TPSA) is 72.5 Å². The van der Waals surface area contributed by atoms with E-state index in [0.717, 1.165) is 5.56 Å². The van der Waals surface area contributed by atoms with Crippen molar-refractivity contribution in [1.82, 2.24) is 5.32 Å². The molecular formula is C20H19Cl2NO4. The highest BCUT2D eigenvalue weighted by Crippen LogP contribution is 2.23. The first kappa shape index (κ1) is 20.9. The minimum Gasteiger partial charge on any atom is -0.452 e. The third-order valence-electron chi connectivity index (χ3n) is 3.76. The van der Waals surface area contributed by atoms with Crippen molar-refractivity contribution in [2.24, 2.45) is 0 Å². The van der Waals surface area contributed by atoms with Crippen molar-refractivity contribution in [2.75, 3.05) is 6.61 Å². The smallest absolute Gasteiger partial charge is 0.338 e. The predicted octanol–water partition coefficient (Wildman–Crippen LogP) is 4.40. The van der Waals surface area contributed by atoms with Gasteiger partial charge in [0.2, 0.25) is 0 Å². The second kappa shape index (κ2) is 8.55. The van der Waals surface area contributed by atoms with E-state index in [4.69, 9.17) is 27.9 Å². The zero-order chi connectivity index (χ0) is 20.2. The normalized spacial score (nSPS) is 11.0. The Morgan fingerprint density at radius 1 is 0.926 bits per heavy atom. The number of carbonyl (C=O) groups is 3. The Balaban J connectivity index is 1.90. The summed E-state index contributed by atoms with van der Waals surface area (Å²) in [7, 11) is 0. The molecule has 5 nitrogen and oxygen atoms in total. The van der Waals surface area contributed by atoms with Crippen molar-refractivity contribution < 1.29 is 19.1 Å². The van der Waals surface area contributed by atoms with Gasteiger partial charge >= 0.3 is 5.97 Å². The molecule has 142 valence electrons. The highest BCUT2D eigenvalue weighted by atomic mass is 35.5. The summed E-state index contributed by atoms with van der Waals surface area (Å²) in [5.41, 5.74) is 1.53. The second-order valence-electron chi connectivity index (χ2n) is 6.91. The third-order valence-corrected chi connectivity index (χ3v) is 4.49. The molecule has 0 aliphatic heterocycles. The molecule has 2 aromatic carbocycles. The molecule has 0 aliphatic rings. The molecule has 0 radical (unpaired) electrons. The fourth-order valence-corrected chi connectivity index (χ4v) is 2.49. The Morgan fingerprint density at radius 2 is 1.52 bits per heavy atom. The van der Waals surface area contributed by atoms with Gasteiger partial charge in [0, 0.05) is 5.56 Å². The van der Waals surface area contributed by atoms with Gasteiger partial charge in [0.25, 0.3) is 11.8 Å². The van der Waals surface area contributed by atoms with Gasteiger partial charge in [0.15, 0.2) is 6.61 Å². The molecule has 1 N–H and O–H groups in total. The Kier molecular flexibility index (Phi) is 6.63. The number of halogens is 2. The maximum atomic E-state index is 12.1. The summed E-state index contributed by atoms with van der Waals surface area (Å²) in [5.74, 6) is -2.04. The van der Waals surface area contributed by atoms with E-state index in [2.05, 4.69) is 26.1 Å². The van der Waals surface area contributed by atoms with Crippen LogP contribution in [0.2, 0.25) is 10.0 Å². The van der Waals surface area contributed by atoms with Crippen LogP contribution in [0, 0.1) is 0 Å². The molecule has 0 unspecified atom stereocenters. The monoisotopic (exact) mass is 407 g/mol. The molecular weight excluding hydrogens is 389 g/mol. The van der Waals surface area contributed by atoms with Crippen molar-refractivity contribution in [3.63, 3.8) is 0 Å². The fraction of sp³-hybridized carbons (Fsp3) is 0.250. The van der Waals surface area contributed by atoms with Crippen LogP contribution < -0.4 is 5.32 Å². The second-order valence-corrected chi connectivity index (χ2v) is 7.72. The van der Waals surface area contributed by atoms with Gasteiger partial charge in [-0.25, -0.2) is 4.79 Å². The number of nitrogens with one attached hydrogen (secondary N) is 1. The summed E-state index contributed by atoms with van der Waals surface area (Å²) in [4.78, 5) is 35.9. The molecule has 0 saturated carbocycles. The van der Waals surface area contributed by atoms with E-state index in [1.54, 1.807) is 12.1 Å². The summed E-state index contributed by atoms with van der Waals surface area (Å²) in [5, 5.41) is 2.68. The van der Waals surface area contributed by atoms with Crippen molar-refractivity contribution in [1.29, 1.82) is 0 Å². The van der Waals surface area contributed by atoms with E-state index in [-0.39, 0.29) is 16.0 Å². The van der Waals surface area contributed by atoms with E-state index in [1.165, 1.54) is 18.2 Å². The first-order chi connectivity index (χ1) is 12.6. The molecule has 0 heterocycles. The number of hydrogen-bond donors (Lipinski definition) is 1. The maximum absolute atomic E-state index is 12.1. The number of ether oxygens (including phenoxy) is 1. The SMILES string of the molecule is CC(C)(C)c1ccc(C(=O)NC(=O)COC(=O)c2ccc(Cl)c(Cl)c2)cc1. The Hall–Kier alpha value is -2.37. The van der Waals surface area contributed by atoms with E-state index >= 15 is 0 Å². The molecule has 2 rings (SSSR count). The molecule has 0 aliphatic carbocycles. The lowest BCUT2D eigenvalue weighted by atomic mass is 9.87. The number of benzene rings is 2. The molecule has 0 fully saturated rings. The molecule has 0 aromatic heterocycles. The quantitative estimate of drug-likeness (QED) is 0.761. The number of hydrogen-bond acceptors (Lipinski definition) is 4. The zero-order valence-electron chi connectivity index (χ0n) is 15.1. The molecule has 0 spiro atoms. The lowest BCUT2D eigenvalue weighted by Gasteiger charge is -2.19. The summed E-state index contributed by atoms with van der Waals surface area (Å²) in [6.07, 6.45) is 0. The molecule has 2 aromatic rings. The molecule has 7 heteroatoms. The van der Waals surface area contributed by atoms with E-state index in [9.17, 15) is 14.4 Å². The van der Waals surface area contributed by atoms with Gasteiger partial charge in [-0.3, -0.25) is 14.9 Å². The van der Waals surface area contributed by atoms with Crippen molar-refractivity contribution in [2.45, 2.75) is 26.2 Å². The number of amides is 2. The van der Waals surface area contributed by atoms with Crippen LogP contribution in [-0.4, -0.2) is 24.4 Å². The van der Waals surface area contributed by atoms with Crippen molar-refractivity contribution >= 4 is 41.0 Å². The lowest BCUT2D eigenvalue weighted by Crippen LogP contribution is -2.34. The lowest BCUT2D eigenvalue weighted by molar-refractivity contribution is -0.123. The summed E-state index contributed by atoms with van der Waals surface area (Å²) < 4.78 is 4.88. The third kappa shape index (κ3) is 5.81. The fourth-order valence-electron chi connectivity index (χ4n) is 2.19. The standard InChI is InChI=1S/C20H19Cl2NO4/c1-20(2,3)14-7-4-12(5-8-14)18(25)23-17(24)11-27-19(26)13-6-9-15(21)16(22)10-13/h4-10H,11H2,1-3H3,(H,23,24,25). The van der Waals surface area contributed by atoms with Crippen LogP contribution in [0.3, 0.4) is 0 Å². The van der Waals surface area contributed by atoms with Gasteiger partial charge < -0.3 is 4.74 Å². The van der Waals surface area contributed by atoms with Gasteiger partial charge in [0.05, 0.1) is 15.6 Å². The van der Waals surface area contributed by atoms with Crippen molar-refractivity contribution in [3.8, 4) is 0 Å². The van der Waals surface area contributed by atoms with Gasteiger partial charge in [-0.2, -0.15) is 0 Å². The number of carbonyl (C=O) groups excluding carboxylic acids is 3. The molecule has 27 heavy (non-hydrogen) atoms. The van der Waals surface area contributed by atoms with Gasteiger partial charge in [-0.15, -0.1) is 0 Å². The molecule has 0 atom stereocenters. The summed E-state index contributed by atoms with van der Waals surface area (Å²) >= 11 is 11.6. The summed E-state index contributed by atoms with van der Waals surface area (Å²) in [6, 6.07) is 11.2. The van der Waals surface area contributed by atoms with Crippen LogP contribution in [0.4, 0.5) is 0 Å².